The van der Waals surface area contributed by atoms with Gasteiger partial charge >= 0.3 is 6.18 Å². The number of amides is 1. The third kappa shape index (κ3) is 5.77. The van der Waals surface area contributed by atoms with E-state index < -0.39 is 11.7 Å². The maximum Gasteiger partial charge on any atom is 0.416 e. The number of hydrogen-bond donors (Lipinski definition) is 0. The van der Waals surface area contributed by atoms with Gasteiger partial charge in [0, 0.05) is 24.1 Å². The maximum atomic E-state index is 13.4. The number of aromatic nitrogens is 2. The number of rotatable bonds is 7. The summed E-state index contributed by atoms with van der Waals surface area (Å²) in [7, 11) is 0. The smallest absolute Gasteiger partial charge is 0.339 e. The molecule has 0 spiro atoms. The van der Waals surface area contributed by atoms with Crippen LogP contribution in [-0.4, -0.2) is 27.5 Å². The molecule has 0 aliphatic rings. The monoisotopic (exact) mass is 479 g/mol. The Bertz CT molecular complexity index is 1270. The Kier molecular flexibility index (Phi) is 7.00. The first-order valence-corrected chi connectivity index (χ1v) is 11.1. The lowest BCUT2D eigenvalue weighted by Gasteiger charge is -2.29. The molecule has 4 aromatic rings. The molecule has 0 radical (unpaired) electrons. The standard InChI is InChI=1S/C27H24F3N3O2/c1-18-8-10-21(11-9-18)25-31-24(35-32-25)16-17-33(19(2)20-6-4-3-5-7-20)26(34)22-12-14-23(15-13-22)27(28,29)30/h3-15,19H,16-17H2,1-2H3/t19-/m1/s1. The molecule has 1 atom stereocenters. The fourth-order valence-electron chi connectivity index (χ4n) is 3.74. The number of carbonyl (C=O) groups excluding carboxylic acids is 1. The first kappa shape index (κ1) is 24.2. The number of halogens is 3. The molecular weight excluding hydrogens is 455 g/mol. The molecule has 0 saturated carbocycles. The molecule has 0 fully saturated rings. The SMILES string of the molecule is Cc1ccc(-c2noc(CCN(C(=O)c3ccc(C(F)(F)F)cc3)[C@H](C)c3ccccc3)n2)cc1. The van der Waals surface area contributed by atoms with E-state index in [2.05, 4.69) is 10.1 Å². The molecule has 0 unspecified atom stereocenters. The van der Waals surface area contributed by atoms with E-state index in [0.717, 1.165) is 28.8 Å². The average Bonchev–Trinajstić information content (AvgIpc) is 3.33. The van der Waals surface area contributed by atoms with Gasteiger partial charge in [-0.25, -0.2) is 0 Å². The first-order valence-electron chi connectivity index (χ1n) is 11.1. The van der Waals surface area contributed by atoms with Crippen molar-refractivity contribution in [3.05, 3.63) is 107 Å². The molecule has 8 heteroatoms. The van der Waals surface area contributed by atoms with Crippen molar-refractivity contribution < 1.29 is 22.5 Å². The fraction of sp³-hybridized carbons (Fsp3) is 0.222. The fourth-order valence-corrected chi connectivity index (χ4v) is 3.74. The topological polar surface area (TPSA) is 59.2 Å². The predicted octanol–water partition coefficient (Wildman–Crippen LogP) is 6.51. The minimum atomic E-state index is -4.47. The second-order valence-electron chi connectivity index (χ2n) is 8.29. The van der Waals surface area contributed by atoms with Gasteiger partial charge in [-0.2, -0.15) is 18.2 Å². The summed E-state index contributed by atoms with van der Waals surface area (Å²) in [5.74, 6) is 0.441. The van der Waals surface area contributed by atoms with Gasteiger partial charge in [-0.3, -0.25) is 4.79 Å². The molecule has 1 aromatic heterocycles. The van der Waals surface area contributed by atoms with Crippen LogP contribution in [0.25, 0.3) is 11.4 Å². The lowest BCUT2D eigenvalue weighted by atomic mass is 10.0. The summed E-state index contributed by atoms with van der Waals surface area (Å²) in [4.78, 5) is 19.4. The van der Waals surface area contributed by atoms with E-state index in [1.54, 1.807) is 4.90 Å². The Morgan fingerprint density at radius 2 is 1.63 bits per heavy atom. The van der Waals surface area contributed by atoms with Crippen LogP contribution in [-0.2, 0) is 12.6 Å². The molecule has 4 rings (SSSR count). The van der Waals surface area contributed by atoms with Crippen molar-refractivity contribution in [1.29, 1.82) is 0 Å². The van der Waals surface area contributed by atoms with Crippen molar-refractivity contribution in [3.8, 4) is 11.4 Å². The number of nitrogens with zero attached hydrogens (tertiary/aromatic N) is 3. The second kappa shape index (κ2) is 10.1. The van der Waals surface area contributed by atoms with Crippen molar-refractivity contribution in [1.82, 2.24) is 15.0 Å². The van der Waals surface area contributed by atoms with Gasteiger partial charge in [-0.1, -0.05) is 65.3 Å². The summed E-state index contributed by atoms with van der Waals surface area (Å²) in [5.41, 5.74) is 2.21. The number of carbonyl (C=O) groups is 1. The Morgan fingerprint density at radius 1 is 0.971 bits per heavy atom. The third-order valence-corrected chi connectivity index (χ3v) is 5.81. The zero-order chi connectivity index (χ0) is 25.0. The van der Waals surface area contributed by atoms with Crippen LogP contribution in [0.4, 0.5) is 13.2 Å². The van der Waals surface area contributed by atoms with E-state index in [0.29, 0.717) is 18.1 Å². The largest absolute Gasteiger partial charge is 0.416 e. The van der Waals surface area contributed by atoms with Crippen LogP contribution >= 0.6 is 0 Å². The van der Waals surface area contributed by atoms with E-state index >= 15 is 0 Å². The van der Waals surface area contributed by atoms with E-state index in [4.69, 9.17) is 4.52 Å². The summed E-state index contributed by atoms with van der Waals surface area (Å²) < 4.78 is 44.3. The molecule has 1 amide bonds. The summed E-state index contributed by atoms with van der Waals surface area (Å²) in [6.07, 6.45) is -4.17. The maximum absolute atomic E-state index is 13.4. The van der Waals surface area contributed by atoms with Gasteiger partial charge in [0.2, 0.25) is 11.7 Å². The van der Waals surface area contributed by atoms with Crippen molar-refractivity contribution in [2.75, 3.05) is 6.54 Å². The second-order valence-corrected chi connectivity index (χ2v) is 8.29. The molecule has 0 aliphatic heterocycles. The predicted molar refractivity (Wildman–Crippen MR) is 126 cm³/mol. The van der Waals surface area contributed by atoms with Crippen molar-refractivity contribution in [3.63, 3.8) is 0 Å². The van der Waals surface area contributed by atoms with Crippen LogP contribution in [0, 0.1) is 6.92 Å². The van der Waals surface area contributed by atoms with Gasteiger partial charge in [-0.05, 0) is 43.7 Å². The van der Waals surface area contributed by atoms with Gasteiger partial charge in [0.1, 0.15) is 0 Å². The zero-order valence-electron chi connectivity index (χ0n) is 19.3. The molecule has 5 nitrogen and oxygen atoms in total. The van der Waals surface area contributed by atoms with Crippen molar-refractivity contribution in [2.24, 2.45) is 0 Å². The molecule has 0 aliphatic carbocycles. The van der Waals surface area contributed by atoms with Crippen molar-refractivity contribution in [2.45, 2.75) is 32.5 Å². The molecule has 3 aromatic carbocycles. The summed E-state index contributed by atoms with van der Waals surface area (Å²) >= 11 is 0. The van der Waals surface area contributed by atoms with Gasteiger partial charge in [-0.15, -0.1) is 0 Å². The highest BCUT2D eigenvalue weighted by atomic mass is 19.4. The van der Waals surface area contributed by atoms with Gasteiger partial charge in [0.15, 0.2) is 0 Å². The van der Waals surface area contributed by atoms with Gasteiger partial charge in [0.25, 0.3) is 5.91 Å². The van der Waals surface area contributed by atoms with Crippen LogP contribution in [0.5, 0.6) is 0 Å². The summed E-state index contributed by atoms with van der Waals surface area (Å²) in [5, 5.41) is 4.04. The summed E-state index contributed by atoms with van der Waals surface area (Å²) in [6.45, 7) is 4.11. The highest BCUT2D eigenvalue weighted by Gasteiger charge is 2.31. The minimum absolute atomic E-state index is 0.173. The lowest BCUT2D eigenvalue weighted by Crippen LogP contribution is -2.35. The van der Waals surface area contributed by atoms with E-state index in [1.165, 1.54) is 12.1 Å². The first-order chi connectivity index (χ1) is 16.7. The van der Waals surface area contributed by atoms with Crippen LogP contribution in [0.3, 0.4) is 0 Å². The Hall–Kier alpha value is -3.94. The average molecular weight is 480 g/mol. The summed E-state index contributed by atoms with van der Waals surface area (Å²) in [6, 6.07) is 21.1. The van der Waals surface area contributed by atoms with Gasteiger partial charge < -0.3 is 9.42 Å². The zero-order valence-corrected chi connectivity index (χ0v) is 19.3. The quantitative estimate of drug-likeness (QED) is 0.303. The Labute approximate surface area is 201 Å². The number of hydrogen-bond acceptors (Lipinski definition) is 4. The number of alkyl halides is 3. The number of benzene rings is 3. The molecule has 0 N–H and O–H groups in total. The Morgan fingerprint density at radius 3 is 2.26 bits per heavy atom. The highest BCUT2D eigenvalue weighted by Crippen LogP contribution is 2.30. The van der Waals surface area contributed by atoms with Crippen LogP contribution < -0.4 is 0 Å². The highest BCUT2D eigenvalue weighted by molar-refractivity contribution is 5.94. The van der Waals surface area contributed by atoms with E-state index in [9.17, 15) is 18.0 Å². The molecular formula is C27H24F3N3O2. The molecule has 0 saturated heterocycles. The van der Waals surface area contributed by atoms with Crippen LogP contribution in [0.1, 0.15) is 45.9 Å². The minimum Gasteiger partial charge on any atom is -0.339 e. The van der Waals surface area contributed by atoms with E-state index in [-0.39, 0.29) is 24.1 Å². The normalized spacial score (nSPS) is 12.4. The Balaban J connectivity index is 1.55. The number of aryl methyl sites for hydroxylation is 1. The molecule has 0 bridgehead atoms. The lowest BCUT2D eigenvalue weighted by molar-refractivity contribution is -0.137. The molecule has 35 heavy (non-hydrogen) atoms. The molecule has 180 valence electrons. The van der Waals surface area contributed by atoms with Crippen molar-refractivity contribution >= 4 is 5.91 Å². The molecule has 1 heterocycles. The van der Waals surface area contributed by atoms with Gasteiger partial charge in [0.05, 0.1) is 11.6 Å². The third-order valence-electron chi connectivity index (χ3n) is 5.81. The van der Waals surface area contributed by atoms with Crippen LogP contribution in [0.2, 0.25) is 0 Å². The van der Waals surface area contributed by atoms with Crippen LogP contribution in [0.15, 0.2) is 83.4 Å². The van der Waals surface area contributed by atoms with E-state index in [1.807, 2.05) is 68.4 Å².